The highest BCUT2D eigenvalue weighted by Gasteiger charge is 2.19. The molecule has 3 aromatic rings. The van der Waals surface area contributed by atoms with E-state index in [0.29, 0.717) is 10.9 Å². The minimum absolute atomic E-state index is 0.0817. The van der Waals surface area contributed by atoms with Crippen molar-refractivity contribution in [2.24, 2.45) is 0 Å². The first-order valence-electron chi connectivity index (χ1n) is 6.10. The molecule has 2 nitrogen and oxygen atoms in total. The highest BCUT2D eigenvalue weighted by atomic mass is 79.9. The Labute approximate surface area is 127 Å². The zero-order chi connectivity index (χ0) is 15.0. The van der Waals surface area contributed by atoms with Crippen molar-refractivity contribution in [3.63, 3.8) is 0 Å². The van der Waals surface area contributed by atoms with Crippen LogP contribution in [0.1, 0.15) is 15.9 Å². The zero-order valence-electron chi connectivity index (χ0n) is 10.6. The summed E-state index contributed by atoms with van der Waals surface area (Å²) in [7, 11) is 0. The molecule has 0 amide bonds. The van der Waals surface area contributed by atoms with Crippen LogP contribution in [0, 0.1) is 11.6 Å². The third kappa shape index (κ3) is 2.34. The maximum atomic E-state index is 13.6. The van der Waals surface area contributed by atoms with E-state index in [4.69, 9.17) is 0 Å². The number of benzene rings is 2. The molecule has 0 saturated carbocycles. The summed E-state index contributed by atoms with van der Waals surface area (Å²) in [5, 5.41) is 1.52. The molecule has 0 saturated heterocycles. The Kier molecular flexibility index (Phi) is 3.51. The second-order valence-electron chi connectivity index (χ2n) is 4.45. The van der Waals surface area contributed by atoms with Crippen LogP contribution in [-0.2, 0) is 0 Å². The Bertz CT molecular complexity index is 859. The Morgan fingerprint density at radius 1 is 1.05 bits per heavy atom. The number of aromatic nitrogens is 1. The van der Waals surface area contributed by atoms with Gasteiger partial charge in [-0.2, -0.15) is 0 Å². The van der Waals surface area contributed by atoms with Crippen LogP contribution in [0.25, 0.3) is 10.8 Å². The maximum Gasteiger partial charge on any atom is 0.194 e. The van der Waals surface area contributed by atoms with Crippen molar-refractivity contribution < 1.29 is 13.6 Å². The van der Waals surface area contributed by atoms with Crippen molar-refractivity contribution in [3.8, 4) is 0 Å². The van der Waals surface area contributed by atoms with E-state index in [-0.39, 0.29) is 15.8 Å². The average molecular weight is 348 g/mol. The van der Waals surface area contributed by atoms with Gasteiger partial charge in [0.15, 0.2) is 17.4 Å². The average Bonchev–Trinajstić information content (AvgIpc) is 2.51. The van der Waals surface area contributed by atoms with Crippen molar-refractivity contribution in [1.29, 1.82) is 0 Å². The van der Waals surface area contributed by atoms with Gasteiger partial charge in [0.25, 0.3) is 0 Å². The lowest BCUT2D eigenvalue weighted by molar-refractivity contribution is 0.103. The molecule has 0 unspecified atom stereocenters. The van der Waals surface area contributed by atoms with Gasteiger partial charge in [-0.15, -0.1) is 0 Å². The minimum atomic E-state index is -1.07. The fraction of sp³-hybridized carbons (Fsp3) is 0. The van der Waals surface area contributed by atoms with Crippen LogP contribution in [0.5, 0.6) is 0 Å². The predicted molar refractivity (Wildman–Crippen MR) is 79.2 cm³/mol. The quantitative estimate of drug-likeness (QED) is 0.504. The van der Waals surface area contributed by atoms with Gasteiger partial charge in [-0.25, -0.2) is 8.78 Å². The van der Waals surface area contributed by atoms with Gasteiger partial charge < -0.3 is 0 Å². The van der Waals surface area contributed by atoms with Gasteiger partial charge in [-0.3, -0.25) is 9.78 Å². The third-order valence-corrected chi connectivity index (χ3v) is 3.98. The lowest BCUT2D eigenvalue weighted by Gasteiger charge is -2.08. The van der Waals surface area contributed by atoms with Gasteiger partial charge >= 0.3 is 0 Å². The number of carbonyl (C=O) groups is 1. The Hall–Kier alpha value is -2.14. The largest absolute Gasteiger partial charge is 0.289 e. The second-order valence-corrected chi connectivity index (χ2v) is 5.25. The van der Waals surface area contributed by atoms with Gasteiger partial charge in [0.1, 0.15) is 0 Å². The van der Waals surface area contributed by atoms with E-state index >= 15 is 0 Å². The number of rotatable bonds is 2. The summed E-state index contributed by atoms with van der Waals surface area (Å²) in [6.45, 7) is 0. The van der Waals surface area contributed by atoms with Gasteiger partial charge in [0, 0.05) is 28.9 Å². The summed E-state index contributed by atoms with van der Waals surface area (Å²) in [6.07, 6.45) is 3.23. The first kappa shape index (κ1) is 13.8. The first-order chi connectivity index (χ1) is 10.1. The second kappa shape index (κ2) is 5.33. The number of halogens is 3. The van der Waals surface area contributed by atoms with Crippen LogP contribution in [0.3, 0.4) is 0 Å². The van der Waals surface area contributed by atoms with Crippen LogP contribution in [-0.4, -0.2) is 10.8 Å². The van der Waals surface area contributed by atoms with E-state index in [9.17, 15) is 13.6 Å². The number of carbonyl (C=O) groups excluding carboxylic acids is 1. The molecule has 0 bridgehead atoms. The zero-order valence-corrected chi connectivity index (χ0v) is 12.2. The highest BCUT2D eigenvalue weighted by Crippen LogP contribution is 2.27. The van der Waals surface area contributed by atoms with Crippen LogP contribution in [0.4, 0.5) is 8.78 Å². The molecular weight excluding hydrogens is 340 g/mol. The van der Waals surface area contributed by atoms with E-state index in [2.05, 4.69) is 20.9 Å². The molecule has 5 heteroatoms. The molecule has 1 heterocycles. The number of pyridine rings is 1. The van der Waals surface area contributed by atoms with E-state index in [1.165, 1.54) is 6.07 Å². The van der Waals surface area contributed by atoms with Crippen molar-refractivity contribution in [1.82, 2.24) is 4.98 Å². The lowest BCUT2D eigenvalue weighted by Crippen LogP contribution is -2.05. The topological polar surface area (TPSA) is 30.0 Å². The molecule has 21 heavy (non-hydrogen) atoms. The summed E-state index contributed by atoms with van der Waals surface area (Å²) in [5.74, 6) is -2.44. The molecule has 0 aliphatic heterocycles. The van der Waals surface area contributed by atoms with Crippen LogP contribution >= 0.6 is 15.9 Å². The fourth-order valence-corrected chi connectivity index (χ4v) is 2.67. The van der Waals surface area contributed by atoms with Crippen molar-refractivity contribution in [2.75, 3.05) is 0 Å². The Morgan fingerprint density at radius 3 is 2.67 bits per heavy atom. The molecule has 0 aliphatic rings. The molecule has 2 aromatic carbocycles. The van der Waals surface area contributed by atoms with Gasteiger partial charge in [-0.05, 0) is 39.5 Å². The summed E-state index contributed by atoms with van der Waals surface area (Å²) in [6, 6.07) is 9.14. The smallest absolute Gasteiger partial charge is 0.194 e. The van der Waals surface area contributed by atoms with Crippen LogP contribution < -0.4 is 0 Å². The van der Waals surface area contributed by atoms with E-state index in [0.717, 1.165) is 11.5 Å². The number of nitrogens with zero attached hydrogens (tertiary/aromatic N) is 1. The minimum Gasteiger partial charge on any atom is -0.289 e. The normalized spacial score (nSPS) is 10.8. The van der Waals surface area contributed by atoms with Gasteiger partial charge in [0.05, 0.1) is 4.47 Å². The summed E-state index contributed by atoms with van der Waals surface area (Å²) in [5.41, 5.74) is 0.500. The molecule has 0 aliphatic carbocycles. The molecule has 3 rings (SSSR count). The third-order valence-electron chi connectivity index (χ3n) is 3.21. The highest BCUT2D eigenvalue weighted by molar-refractivity contribution is 9.10. The Balaban J connectivity index is 2.20. The summed E-state index contributed by atoms with van der Waals surface area (Å²) in [4.78, 5) is 16.6. The molecule has 0 N–H and O–H groups in total. The number of fused-ring (bicyclic) bond motifs is 1. The van der Waals surface area contributed by atoms with Crippen LogP contribution in [0.15, 0.2) is 53.3 Å². The molecule has 0 radical (unpaired) electrons. The SMILES string of the molecule is O=C(c1ccc(F)c(F)c1Br)c1cccc2cnccc12. The fourth-order valence-electron chi connectivity index (χ4n) is 2.17. The van der Waals surface area contributed by atoms with Gasteiger partial charge in [0.2, 0.25) is 0 Å². The van der Waals surface area contributed by atoms with Gasteiger partial charge in [-0.1, -0.05) is 18.2 Å². The molecule has 0 spiro atoms. The molecule has 1 aromatic heterocycles. The van der Waals surface area contributed by atoms with Crippen molar-refractivity contribution in [3.05, 3.63) is 76.0 Å². The lowest BCUT2D eigenvalue weighted by atomic mass is 9.98. The standard InChI is InChI=1S/C16H8BrF2NO/c17-14-12(4-5-13(18)15(14)19)16(21)11-3-1-2-9-8-20-7-6-10(9)11/h1-8H. The monoisotopic (exact) mass is 347 g/mol. The predicted octanol–water partition coefficient (Wildman–Crippen LogP) is 4.51. The maximum absolute atomic E-state index is 13.6. The van der Waals surface area contributed by atoms with Crippen molar-refractivity contribution >= 4 is 32.5 Å². The molecule has 104 valence electrons. The Morgan fingerprint density at radius 2 is 1.86 bits per heavy atom. The van der Waals surface area contributed by atoms with E-state index in [1.54, 1.807) is 30.6 Å². The summed E-state index contributed by atoms with van der Waals surface area (Å²) < 4.78 is 26.6. The number of hydrogen-bond acceptors (Lipinski definition) is 2. The number of ketones is 1. The van der Waals surface area contributed by atoms with Crippen molar-refractivity contribution in [2.45, 2.75) is 0 Å². The molecule has 0 atom stereocenters. The molecular formula is C16H8BrF2NO. The van der Waals surface area contributed by atoms with Crippen LogP contribution in [0.2, 0.25) is 0 Å². The molecule has 0 fully saturated rings. The van der Waals surface area contributed by atoms with E-state index in [1.807, 2.05) is 6.07 Å². The summed E-state index contributed by atoms with van der Waals surface area (Å²) >= 11 is 2.94. The number of hydrogen-bond donors (Lipinski definition) is 0. The first-order valence-corrected chi connectivity index (χ1v) is 6.90. The van der Waals surface area contributed by atoms with E-state index < -0.39 is 11.6 Å².